The number of nitrogens with one attached hydrogen (secondary N) is 2. The van der Waals surface area contributed by atoms with Gasteiger partial charge < -0.3 is 39.1 Å². The minimum atomic E-state index is -5.08. The van der Waals surface area contributed by atoms with Gasteiger partial charge in [0.05, 0.1) is 38.5 Å². The lowest BCUT2D eigenvalue weighted by atomic mass is 10.2. The molecule has 4 aromatic heterocycles. The van der Waals surface area contributed by atoms with E-state index in [0.29, 0.717) is 59.4 Å². The number of halogens is 8. The van der Waals surface area contributed by atoms with E-state index in [0.717, 1.165) is 61.9 Å². The fourth-order valence-corrected chi connectivity index (χ4v) is 7.17. The number of alkyl halides is 6. The largest absolute Gasteiger partial charge is 0.490 e. The van der Waals surface area contributed by atoms with E-state index in [2.05, 4.69) is 34.9 Å². The van der Waals surface area contributed by atoms with Crippen molar-refractivity contribution in [2.75, 3.05) is 62.2 Å². The van der Waals surface area contributed by atoms with Gasteiger partial charge in [0, 0.05) is 77.6 Å². The maximum atomic E-state index is 12.5. The van der Waals surface area contributed by atoms with E-state index < -0.39 is 40.3 Å². The molecule has 27 heteroatoms. The van der Waals surface area contributed by atoms with Crippen molar-refractivity contribution in [2.45, 2.75) is 43.9 Å². The zero-order valence-electron chi connectivity index (χ0n) is 34.7. The summed E-state index contributed by atoms with van der Waals surface area (Å²) in [6, 6.07) is 10.8. The number of hydrogen-bond donors (Lipinski definition) is 4. The van der Waals surface area contributed by atoms with Gasteiger partial charge in [0.15, 0.2) is 0 Å². The molecule has 5 aromatic rings. The summed E-state index contributed by atoms with van der Waals surface area (Å²) in [5, 5.41) is 18.6. The molecule has 2 saturated heterocycles. The van der Waals surface area contributed by atoms with Crippen molar-refractivity contribution in [3.05, 3.63) is 88.8 Å². The molecule has 18 nitrogen and oxygen atoms in total. The van der Waals surface area contributed by atoms with Gasteiger partial charge in [0.2, 0.25) is 11.8 Å². The van der Waals surface area contributed by atoms with E-state index in [9.17, 15) is 39.6 Å². The van der Waals surface area contributed by atoms with Gasteiger partial charge in [-0.3, -0.25) is 0 Å². The predicted octanol–water partition coefficient (Wildman–Crippen LogP) is 6.80. The normalized spacial score (nSPS) is 14.1. The predicted molar refractivity (Wildman–Crippen MR) is 227 cm³/mol. The van der Waals surface area contributed by atoms with Crippen LogP contribution in [0.4, 0.5) is 42.8 Å². The minimum Gasteiger partial charge on any atom is -0.475 e. The summed E-state index contributed by atoms with van der Waals surface area (Å²) in [6.45, 7) is 9.35. The molecule has 66 heavy (non-hydrogen) atoms. The van der Waals surface area contributed by atoms with Crippen LogP contribution < -0.4 is 19.8 Å². The quantitative estimate of drug-likeness (QED) is 0.117. The minimum absolute atomic E-state index is 0.0418. The van der Waals surface area contributed by atoms with E-state index in [-0.39, 0.29) is 4.90 Å². The lowest BCUT2D eigenvalue weighted by Gasteiger charge is -2.35. The summed E-state index contributed by atoms with van der Waals surface area (Å²) in [7, 11) is -3.92. The Balaban J connectivity index is 0.000000236. The van der Waals surface area contributed by atoms with Gasteiger partial charge in [-0.1, -0.05) is 55.2 Å². The zero-order chi connectivity index (χ0) is 48.8. The Morgan fingerprint density at radius 2 is 1.11 bits per heavy atom. The molecule has 0 bridgehead atoms. The lowest BCUT2D eigenvalue weighted by Crippen LogP contribution is -2.53. The maximum absolute atomic E-state index is 12.5. The first kappa shape index (κ1) is 52.4. The molecule has 0 saturated carbocycles. The molecule has 4 N–H and O–H groups in total. The molecular formula is C39H41Cl2F6N9O9S. The molecular weight excluding hydrogens is 955 g/mol. The van der Waals surface area contributed by atoms with Crippen LogP contribution in [-0.2, 0) is 32.5 Å². The van der Waals surface area contributed by atoms with E-state index in [1.54, 1.807) is 49.1 Å². The van der Waals surface area contributed by atoms with Crippen LogP contribution in [0.2, 0.25) is 10.0 Å². The number of benzene rings is 1. The number of nitrogens with zero attached hydrogens (tertiary/aromatic N) is 7. The van der Waals surface area contributed by atoms with Crippen LogP contribution in [0.15, 0.2) is 81.0 Å². The van der Waals surface area contributed by atoms with E-state index >= 15 is 0 Å². The topological polar surface area (TPSA) is 237 Å². The Bertz CT molecular complexity index is 2490. The van der Waals surface area contributed by atoms with E-state index in [4.69, 9.17) is 51.8 Å². The number of hydrogen-bond acceptors (Lipinski definition) is 14. The van der Waals surface area contributed by atoms with Gasteiger partial charge in [-0.2, -0.15) is 26.3 Å². The number of aromatic nitrogens is 4. The van der Waals surface area contributed by atoms with Crippen LogP contribution in [0.3, 0.4) is 0 Å². The Morgan fingerprint density at radius 1 is 0.697 bits per heavy atom. The van der Waals surface area contributed by atoms with Crippen molar-refractivity contribution in [2.24, 2.45) is 0 Å². The number of anilines is 2. The average Bonchev–Trinajstić information content (AvgIpc) is 3.98. The number of oxazole rings is 2. The molecule has 0 spiro atoms. The number of carbonyl (C=O) groups excluding carboxylic acids is 1. The van der Waals surface area contributed by atoms with E-state index in [1.165, 1.54) is 17.0 Å². The summed E-state index contributed by atoms with van der Waals surface area (Å²) in [5.74, 6) is -1.41. The van der Waals surface area contributed by atoms with Crippen LogP contribution in [0.25, 0.3) is 22.9 Å². The van der Waals surface area contributed by atoms with Crippen LogP contribution >= 0.6 is 23.2 Å². The third-order valence-corrected chi connectivity index (χ3v) is 10.9. The highest BCUT2D eigenvalue weighted by Gasteiger charge is 2.39. The summed E-state index contributed by atoms with van der Waals surface area (Å²) in [6.07, 6.45) is -1.75. The number of aryl methyl sites for hydroxylation is 2. The molecule has 2 fully saturated rings. The first-order valence-electron chi connectivity index (χ1n) is 19.4. The number of carboxylic acid groups (broad SMARTS) is 2. The first-order chi connectivity index (χ1) is 31.0. The molecule has 358 valence electrons. The second-order valence-electron chi connectivity index (χ2n) is 13.6. The number of carbonyl (C=O) groups is 3. The Kier molecular flexibility index (Phi) is 18.5. The van der Waals surface area contributed by atoms with Crippen molar-refractivity contribution >= 4 is 62.8 Å². The molecule has 0 radical (unpaired) electrons. The van der Waals surface area contributed by atoms with Crippen molar-refractivity contribution < 1.29 is 68.2 Å². The molecule has 2 amide bonds. The van der Waals surface area contributed by atoms with Crippen molar-refractivity contribution in [1.29, 1.82) is 0 Å². The molecule has 0 aliphatic carbocycles. The average molecular weight is 997 g/mol. The van der Waals surface area contributed by atoms with Gasteiger partial charge in [-0.15, -0.1) is 0 Å². The van der Waals surface area contributed by atoms with Gasteiger partial charge in [0.25, 0.3) is 10.0 Å². The monoisotopic (exact) mass is 995 g/mol. The maximum Gasteiger partial charge on any atom is 0.490 e. The van der Waals surface area contributed by atoms with Crippen molar-refractivity contribution in [1.82, 2.24) is 34.9 Å². The van der Waals surface area contributed by atoms with Gasteiger partial charge in [-0.25, -0.2) is 47.5 Å². The van der Waals surface area contributed by atoms with Gasteiger partial charge >= 0.3 is 30.3 Å². The lowest BCUT2D eigenvalue weighted by molar-refractivity contribution is -0.193. The Morgan fingerprint density at radius 3 is 1.47 bits per heavy atom. The van der Waals surface area contributed by atoms with Crippen LogP contribution in [0, 0.1) is 0 Å². The number of carboxylic acids is 2. The second-order valence-corrected chi connectivity index (χ2v) is 16.1. The highest BCUT2D eigenvalue weighted by atomic mass is 35.5. The Hall–Kier alpha value is -6.18. The van der Waals surface area contributed by atoms with Crippen LogP contribution in [0.5, 0.6) is 0 Å². The summed E-state index contributed by atoms with van der Waals surface area (Å²) < 4.78 is 102. The van der Waals surface area contributed by atoms with Gasteiger partial charge in [-0.05, 0) is 24.3 Å². The molecule has 2 aliphatic heterocycles. The third kappa shape index (κ3) is 15.2. The smallest absolute Gasteiger partial charge is 0.475 e. The SMILES string of the molecule is CCc1cnc(-c2cnc(N3CCN(C(=O)NS(=O)(=O)c4ccccc4)CC3)c(Cl)c2)o1.CCc1cnc(-c2cnc(N3CCNCC3)c(Cl)c2)o1.O=C(O)C(F)(F)F.O=C(O)C(F)(F)F. The van der Waals surface area contributed by atoms with E-state index in [1.807, 2.05) is 24.8 Å². The highest BCUT2D eigenvalue weighted by molar-refractivity contribution is 7.90. The summed E-state index contributed by atoms with van der Waals surface area (Å²) >= 11 is 12.8. The summed E-state index contributed by atoms with van der Waals surface area (Å²) in [5.41, 5.74) is 1.50. The number of rotatable bonds is 8. The number of aliphatic carboxylic acids is 2. The molecule has 2 aliphatic rings. The summed E-state index contributed by atoms with van der Waals surface area (Å²) in [4.78, 5) is 53.4. The van der Waals surface area contributed by atoms with Crippen molar-refractivity contribution in [3.63, 3.8) is 0 Å². The van der Waals surface area contributed by atoms with Gasteiger partial charge in [0.1, 0.15) is 23.2 Å². The number of pyridine rings is 2. The fraction of sp³-hybridized carbons (Fsp3) is 0.359. The van der Waals surface area contributed by atoms with Crippen molar-refractivity contribution in [3.8, 4) is 22.9 Å². The first-order valence-corrected chi connectivity index (χ1v) is 21.7. The number of piperazine rings is 2. The molecule has 0 unspecified atom stereocenters. The standard InChI is InChI=1S/C21H22ClN5O4S.C14H17ClN4O.2C2HF3O2/c1-2-16-14-24-20(31-16)15-12-18(22)19(23-13-15)26-8-10-27(11-9-26)21(28)25-32(29,30)17-6-4-3-5-7-17;1-2-11-9-18-14(20-11)10-7-12(15)13(17-8-10)19-5-3-16-4-6-19;2*3-2(4,5)1(6)7/h3-7,12-14H,2,8-11H2,1H3,(H,25,28);7-9,16H,2-6H2,1H3;2*(H,6,7). The third-order valence-electron chi connectivity index (χ3n) is 8.98. The number of urea groups is 1. The molecule has 0 atom stereocenters. The number of sulfonamides is 1. The highest BCUT2D eigenvalue weighted by Crippen LogP contribution is 2.31. The molecule has 7 rings (SSSR count). The van der Waals surface area contributed by atoms with Crippen LogP contribution in [-0.4, -0.2) is 126 Å². The zero-order valence-corrected chi connectivity index (χ0v) is 37.1. The van der Waals surface area contributed by atoms with Crippen LogP contribution in [0.1, 0.15) is 25.4 Å². The number of amides is 2. The fourth-order valence-electron chi connectivity index (χ4n) is 5.61. The second kappa shape index (κ2) is 23.3. The Labute approximate surface area is 382 Å². The molecule has 1 aromatic carbocycles. The molecule has 6 heterocycles.